The Kier molecular flexibility index (Phi) is 5.59. The standard InChI is InChI=1S/C23H31NO2Si/c1-18(2)24-17-19(16-22(24)25)26-27(23(3,4)5,20-12-8-6-9-13-20)21-14-10-7-11-15-21/h6-15,18-19H,16-17H2,1-5H3/t19-/m0/s1. The van der Waals surface area contributed by atoms with E-state index in [0.29, 0.717) is 13.0 Å². The van der Waals surface area contributed by atoms with Gasteiger partial charge in [-0.3, -0.25) is 4.79 Å². The molecule has 2 aromatic rings. The van der Waals surface area contributed by atoms with Crippen molar-refractivity contribution < 1.29 is 9.22 Å². The second-order valence-electron chi connectivity index (χ2n) is 8.75. The van der Waals surface area contributed by atoms with E-state index in [2.05, 4.69) is 95.3 Å². The first-order valence-corrected chi connectivity index (χ1v) is 11.7. The molecule has 0 saturated carbocycles. The minimum atomic E-state index is -2.59. The third-order valence-corrected chi connectivity index (χ3v) is 10.6. The molecule has 1 fully saturated rings. The lowest BCUT2D eigenvalue weighted by Crippen LogP contribution is -2.67. The third kappa shape index (κ3) is 3.74. The van der Waals surface area contributed by atoms with E-state index in [9.17, 15) is 4.79 Å². The van der Waals surface area contributed by atoms with Gasteiger partial charge in [-0.2, -0.15) is 0 Å². The van der Waals surface area contributed by atoms with E-state index in [1.165, 1.54) is 10.4 Å². The fourth-order valence-electron chi connectivity index (χ4n) is 4.22. The highest BCUT2D eigenvalue weighted by molar-refractivity contribution is 6.99. The topological polar surface area (TPSA) is 29.5 Å². The summed E-state index contributed by atoms with van der Waals surface area (Å²) in [5.41, 5.74) is 0. The molecule has 0 aromatic heterocycles. The first-order valence-electron chi connectivity index (χ1n) is 9.84. The predicted molar refractivity (Wildman–Crippen MR) is 114 cm³/mol. The lowest BCUT2D eigenvalue weighted by molar-refractivity contribution is -0.129. The number of hydrogen-bond donors (Lipinski definition) is 0. The number of nitrogens with zero attached hydrogens (tertiary/aromatic N) is 1. The minimum Gasteiger partial charge on any atom is -0.402 e. The Hall–Kier alpha value is -1.91. The Labute approximate surface area is 164 Å². The van der Waals surface area contributed by atoms with Gasteiger partial charge in [0.05, 0.1) is 12.5 Å². The monoisotopic (exact) mass is 381 g/mol. The maximum atomic E-state index is 12.5. The summed E-state index contributed by atoms with van der Waals surface area (Å²) < 4.78 is 7.06. The summed E-state index contributed by atoms with van der Waals surface area (Å²) in [6.45, 7) is 11.6. The number of likely N-dealkylation sites (tertiary alicyclic amines) is 1. The number of amides is 1. The summed E-state index contributed by atoms with van der Waals surface area (Å²) in [5, 5.41) is 2.46. The molecule has 1 aliphatic rings. The smallest absolute Gasteiger partial charge is 0.261 e. The summed E-state index contributed by atoms with van der Waals surface area (Å²) in [5.74, 6) is 0.202. The van der Waals surface area contributed by atoms with Crippen molar-refractivity contribution in [3.63, 3.8) is 0 Å². The van der Waals surface area contributed by atoms with Crippen molar-refractivity contribution in [2.75, 3.05) is 6.54 Å². The van der Waals surface area contributed by atoms with Crippen LogP contribution >= 0.6 is 0 Å². The first-order chi connectivity index (χ1) is 12.8. The average Bonchev–Trinajstić information content (AvgIpc) is 3.00. The Bertz CT molecular complexity index is 728. The second kappa shape index (κ2) is 7.61. The van der Waals surface area contributed by atoms with Crippen LogP contribution in [0.5, 0.6) is 0 Å². The van der Waals surface area contributed by atoms with Crippen LogP contribution in [0.25, 0.3) is 0 Å². The zero-order valence-corrected chi connectivity index (χ0v) is 18.1. The van der Waals surface area contributed by atoms with Crippen molar-refractivity contribution >= 4 is 24.6 Å². The van der Waals surface area contributed by atoms with Crippen molar-refractivity contribution in [1.29, 1.82) is 0 Å². The van der Waals surface area contributed by atoms with Crippen LogP contribution in [-0.4, -0.2) is 37.8 Å². The molecule has 0 unspecified atom stereocenters. The van der Waals surface area contributed by atoms with E-state index in [-0.39, 0.29) is 23.1 Å². The van der Waals surface area contributed by atoms with Gasteiger partial charge >= 0.3 is 0 Å². The van der Waals surface area contributed by atoms with E-state index < -0.39 is 8.32 Å². The first kappa shape index (κ1) is 19.8. The molecule has 0 N–H and O–H groups in total. The van der Waals surface area contributed by atoms with Gasteiger partial charge in [0.15, 0.2) is 0 Å². The van der Waals surface area contributed by atoms with E-state index in [0.717, 1.165) is 0 Å². The highest BCUT2D eigenvalue weighted by Gasteiger charge is 2.52. The molecule has 1 amide bonds. The Balaban J connectivity index is 2.09. The Morgan fingerprint density at radius 1 is 0.963 bits per heavy atom. The van der Waals surface area contributed by atoms with E-state index in [4.69, 9.17) is 4.43 Å². The summed E-state index contributed by atoms with van der Waals surface area (Å²) in [6, 6.07) is 21.5. The van der Waals surface area contributed by atoms with Gasteiger partial charge in [0.1, 0.15) is 0 Å². The third-order valence-electron chi connectivity index (χ3n) is 5.51. The molecule has 0 bridgehead atoms. The zero-order chi connectivity index (χ0) is 19.7. The van der Waals surface area contributed by atoms with E-state index in [1.54, 1.807) is 0 Å². The maximum Gasteiger partial charge on any atom is 0.261 e. The molecule has 0 radical (unpaired) electrons. The van der Waals surface area contributed by atoms with Gasteiger partial charge in [-0.05, 0) is 29.3 Å². The van der Waals surface area contributed by atoms with Crippen LogP contribution in [0.2, 0.25) is 5.04 Å². The molecule has 0 spiro atoms. The summed E-state index contributed by atoms with van der Waals surface area (Å²) >= 11 is 0. The molecule has 0 aliphatic carbocycles. The highest BCUT2D eigenvalue weighted by atomic mass is 28.4. The molecular formula is C23H31NO2Si. The molecule has 3 nitrogen and oxygen atoms in total. The van der Waals surface area contributed by atoms with Gasteiger partial charge in [-0.15, -0.1) is 0 Å². The molecule has 1 saturated heterocycles. The van der Waals surface area contributed by atoms with Crippen LogP contribution in [0.3, 0.4) is 0 Å². The summed E-state index contributed by atoms with van der Waals surface area (Å²) in [6.07, 6.45) is 0.411. The number of benzene rings is 2. The second-order valence-corrected chi connectivity index (χ2v) is 13.0. The Morgan fingerprint density at radius 2 is 1.44 bits per heavy atom. The molecular weight excluding hydrogens is 350 g/mol. The zero-order valence-electron chi connectivity index (χ0n) is 17.1. The largest absolute Gasteiger partial charge is 0.402 e. The summed E-state index contributed by atoms with van der Waals surface area (Å²) in [4.78, 5) is 14.4. The Morgan fingerprint density at radius 3 is 1.81 bits per heavy atom. The van der Waals surface area contributed by atoms with Crippen molar-refractivity contribution in [3.05, 3.63) is 60.7 Å². The lowest BCUT2D eigenvalue weighted by Gasteiger charge is -2.44. The van der Waals surface area contributed by atoms with Gasteiger partial charge in [-0.1, -0.05) is 81.4 Å². The summed E-state index contributed by atoms with van der Waals surface area (Å²) in [7, 11) is -2.59. The van der Waals surface area contributed by atoms with Crippen molar-refractivity contribution in [2.24, 2.45) is 0 Å². The van der Waals surface area contributed by atoms with Gasteiger partial charge in [0, 0.05) is 12.6 Å². The molecule has 4 heteroatoms. The molecule has 3 rings (SSSR count). The molecule has 27 heavy (non-hydrogen) atoms. The minimum absolute atomic E-state index is 0.0637. The van der Waals surface area contributed by atoms with E-state index in [1.807, 2.05) is 4.90 Å². The highest BCUT2D eigenvalue weighted by Crippen LogP contribution is 2.38. The molecule has 2 aromatic carbocycles. The fourth-order valence-corrected chi connectivity index (χ4v) is 8.89. The molecule has 1 heterocycles. The average molecular weight is 382 g/mol. The molecule has 144 valence electrons. The molecule has 1 aliphatic heterocycles. The van der Waals surface area contributed by atoms with Crippen molar-refractivity contribution in [1.82, 2.24) is 4.90 Å². The molecule has 1 atom stereocenters. The van der Waals surface area contributed by atoms with Crippen LogP contribution in [-0.2, 0) is 9.22 Å². The van der Waals surface area contributed by atoms with Crippen LogP contribution in [0.4, 0.5) is 0 Å². The SMILES string of the molecule is CC(C)N1C[C@@H](O[Si](c2ccccc2)(c2ccccc2)C(C)(C)C)CC1=O. The van der Waals surface area contributed by atoms with Gasteiger partial charge < -0.3 is 9.33 Å². The number of carbonyl (C=O) groups is 1. The normalized spacial score (nSPS) is 18.4. The van der Waals surface area contributed by atoms with Crippen molar-refractivity contribution in [3.8, 4) is 0 Å². The number of rotatable bonds is 5. The van der Waals surface area contributed by atoms with Crippen LogP contribution in [0.15, 0.2) is 60.7 Å². The number of carbonyl (C=O) groups excluding carboxylic acids is 1. The quantitative estimate of drug-likeness (QED) is 0.741. The van der Waals surface area contributed by atoms with Gasteiger partial charge in [-0.25, -0.2) is 0 Å². The van der Waals surface area contributed by atoms with Gasteiger partial charge in [0.25, 0.3) is 8.32 Å². The van der Waals surface area contributed by atoms with Crippen LogP contribution < -0.4 is 10.4 Å². The fraction of sp³-hybridized carbons (Fsp3) is 0.435. The van der Waals surface area contributed by atoms with Crippen LogP contribution in [0.1, 0.15) is 41.0 Å². The predicted octanol–water partition coefficient (Wildman–Crippen LogP) is 3.57. The van der Waals surface area contributed by atoms with E-state index >= 15 is 0 Å². The van der Waals surface area contributed by atoms with Gasteiger partial charge in [0.2, 0.25) is 5.91 Å². The van der Waals surface area contributed by atoms with Crippen molar-refractivity contribution in [2.45, 2.75) is 58.2 Å². The number of hydrogen-bond acceptors (Lipinski definition) is 2. The van der Waals surface area contributed by atoms with Crippen LogP contribution in [0, 0.1) is 0 Å². The maximum absolute atomic E-state index is 12.5. The lowest BCUT2D eigenvalue weighted by atomic mass is 10.2.